The van der Waals surface area contributed by atoms with Crippen LogP contribution in [0.5, 0.6) is 0 Å². The Morgan fingerprint density at radius 1 is 1.46 bits per heavy atom. The number of aromatic nitrogens is 2. The standard InChI is InChI=1S/C15H25N2O8P/c1-5-23-15(3,4)26(21,22)24-8-11-10(18)6-12(25-11)17-7-9(2)13(19)16-14(17)20/h7,10-12,18H,5-6,8H2,1-4H3,(H,21,22)(H,16,19,20). The van der Waals surface area contributed by atoms with Gasteiger partial charge in [-0.2, -0.15) is 0 Å². The van der Waals surface area contributed by atoms with Crippen LogP contribution in [0.25, 0.3) is 0 Å². The van der Waals surface area contributed by atoms with Crippen molar-refractivity contribution in [2.75, 3.05) is 13.2 Å². The Hall–Kier alpha value is -1.29. The van der Waals surface area contributed by atoms with Crippen molar-refractivity contribution in [3.8, 4) is 0 Å². The summed E-state index contributed by atoms with van der Waals surface area (Å²) < 4.78 is 29.5. The third kappa shape index (κ3) is 4.33. The topological polar surface area (TPSA) is 140 Å². The number of hydrogen-bond acceptors (Lipinski definition) is 7. The third-order valence-corrected chi connectivity index (χ3v) is 6.24. The summed E-state index contributed by atoms with van der Waals surface area (Å²) in [5.74, 6) is 0. The summed E-state index contributed by atoms with van der Waals surface area (Å²) in [6.45, 7) is 6.00. The van der Waals surface area contributed by atoms with Crippen LogP contribution in [0.2, 0.25) is 0 Å². The summed E-state index contributed by atoms with van der Waals surface area (Å²) in [6, 6.07) is 0. The molecule has 1 aromatic heterocycles. The molecule has 4 atom stereocenters. The molecular weight excluding hydrogens is 367 g/mol. The van der Waals surface area contributed by atoms with Gasteiger partial charge in [-0.15, -0.1) is 0 Å². The molecule has 1 aliphatic heterocycles. The van der Waals surface area contributed by atoms with Crippen LogP contribution in [0.1, 0.15) is 39.0 Å². The Labute approximate surface area is 150 Å². The van der Waals surface area contributed by atoms with Crippen LogP contribution in [0.4, 0.5) is 0 Å². The molecule has 0 aromatic carbocycles. The van der Waals surface area contributed by atoms with E-state index < -0.39 is 42.6 Å². The van der Waals surface area contributed by atoms with E-state index >= 15 is 0 Å². The highest BCUT2D eigenvalue weighted by molar-refractivity contribution is 7.54. The molecule has 1 aliphatic rings. The van der Waals surface area contributed by atoms with Gasteiger partial charge >= 0.3 is 13.3 Å². The summed E-state index contributed by atoms with van der Waals surface area (Å²) in [5.41, 5.74) is -0.838. The molecule has 4 unspecified atom stereocenters. The van der Waals surface area contributed by atoms with Crippen molar-refractivity contribution >= 4 is 7.60 Å². The first-order chi connectivity index (χ1) is 12.0. The van der Waals surface area contributed by atoms with Gasteiger partial charge in [0, 0.05) is 24.8 Å². The van der Waals surface area contributed by atoms with E-state index in [4.69, 9.17) is 14.0 Å². The molecule has 2 rings (SSSR count). The second-order valence-corrected chi connectivity index (χ2v) is 8.98. The van der Waals surface area contributed by atoms with Crippen LogP contribution in [-0.4, -0.2) is 50.3 Å². The van der Waals surface area contributed by atoms with Crippen LogP contribution in [0, 0.1) is 6.92 Å². The molecule has 0 radical (unpaired) electrons. The minimum atomic E-state index is -4.14. The highest BCUT2D eigenvalue weighted by Crippen LogP contribution is 2.56. The fourth-order valence-corrected chi connectivity index (χ4v) is 3.55. The van der Waals surface area contributed by atoms with Crippen molar-refractivity contribution in [3.63, 3.8) is 0 Å². The van der Waals surface area contributed by atoms with Gasteiger partial charge in [0.15, 0.2) is 5.34 Å². The van der Waals surface area contributed by atoms with Crippen molar-refractivity contribution in [1.82, 2.24) is 9.55 Å². The van der Waals surface area contributed by atoms with Crippen molar-refractivity contribution in [1.29, 1.82) is 0 Å². The Kier molecular flexibility index (Phi) is 6.27. The molecule has 1 fully saturated rings. The van der Waals surface area contributed by atoms with Crippen LogP contribution >= 0.6 is 7.60 Å². The van der Waals surface area contributed by atoms with Crippen molar-refractivity contribution < 1.29 is 28.6 Å². The van der Waals surface area contributed by atoms with E-state index in [-0.39, 0.29) is 19.6 Å². The maximum atomic E-state index is 12.4. The van der Waals surface area contributed by atoms with Gasteiger partial charge in [-0.05, 0) is 27.7 Å². The summed E-state index contributed by atoms with van der Waals surface area (Å²) in [7, 11) is -4.14. The molecule has 1 aromatic rings. The molecule has 0 bridgehead atoms. The highest BCUT2D eigenvalue weighted by Gasteiger charge is 2.44. The zero-order chi connectivity index (χ0) is 19.7. The van der Waals surface area contributed by atoms with Crippen LogP contribution in [-0.2, 0) is 18.6 Å². The van der Waals surface area contributed by atoms with Crippen molar-refractivity contribution in [2.45, 2.75) is 57.9 Å². The molecule has 2 heterocycles. The van der Waals surface area contributed by atoms with E-state index in [0.29, 0.717) is 5.56 Å². The Bertz CT molecular complexity index is 802. The lowest BCUT2D eigenvalue weighted by Gasteiger charge is -2.30. The number of rotatable bonds is 7. The number of aryl methyl sites for hydroxylation is 1. The summed E-state index contributed by atoms with van der Waals surface area (Å²) in [6.07, 6.45) is -1.31. The number of ether oxygens (including phenoxy) is 2. The molecular formula is C15H25N2O8P. The second-order valence-electron chi connectivity index (χ2n) is 6.61. The monoisotopic (exact) mass is 392 g/mol. The smallest absolute Gasteiger partial charge is 0.359 e. The van der Waals surface area contributed by atoms with Gasteiger partial charge < -0.3 is 24.0 Å². The van der Waals surface area contributed by atoms with Crippen LogP contribution < -0.4 is 11.2 Å². The maximum absolute atomic E-state index is 12.4. The number of nitrogens with zero attached hydrogens (tertiary/aromatic N) is 1. The molecule has 26 heavy (non-hydrogen) atoms. The van der Waals surface area contributed by atoms with Gasteiger partial charge in [-0.3, -0.25) is 18.9 Å². The molecule has 148 valence electrons. The summed E-state index contributed by atoms with van der Waals surface area (Å²) in [4.78, 5) is 35.6. The fraction of sp³-hybridized carbons (Fsp3) is 0.733. The lowest BCUT2D eigenvalue weighted by atomic mass is 10.2. The van der Waals surface area contributed by atoms with E-state index in [0.717, 1.165) is 0 Å². The van der Waals surface area contributed by atoms with E-state index in [2.05, 4.69) is 4.98 Å². The number of aliphatic hydroxyl groups is 1. The third-order valence-electron chi connectivity index (χ3n) is 4.25. The first kappa shape index (κ1) is 21.0. The molecule has 1 saturated heterocycles. The van der Waals surface area contributed by atoms with E-state index in [1.165, 1.54) is 24.6 Å². The normalized spacial score (nSPS) is 26.0. The number of hydrogen-bond donors (Lipinski definition) is 3. The van der Waals surface area contributed by atoms with Gasteiger partial charge in [-0.1, -0.05) is 0 Å². The zero-order valence-electron chi connectivity index (χ0n) is 15.2. The predicted molar refractivity (Wildman–Crippen MR) is 92.1 cm³/mol. The molecule has 10 nitrogen and oxygen atoms in total. The Morgan fingerprint density at radius 3 is 2.73 bits per heavy atom. The molecule has 0 saturated carbocycles. The zero-order valence-corrected chi connectivity index (χ0v) is 16.1. The molecule has 3 N–H and O–H groups in total. The lowest BCUT2D eigenvalue weighted by molar-refractivity contribution is -0.0480. The quantitative estimate of drug-likeness (QED) is 0.569. The van der Waals surface area contributed by atoms with E-state index in [1.807, 2.05) is 0 Å². The van der Waals surface area contributed by atoms with Gasteiger partial charge in [0.25, 0.3) is 5.56 Å². The first-order valence-electron chi connectivity index (χ1n) is 8.25. The highest BCUT2D eigenvalue weighted by atomic mass is 31.2. The fourth-order valence-electron chi connectivity index (χ4n) is 2.60. The number of nitrogens with one attached hydrogen (secondary N) is 1. The number of H-pyrrole nitrogens is 1. The summed E-state index contributed by atoms with van der Waals surface area (Å²) >= 11 is 0. The van der Waals surface area contributed by atoms with E-state index in [9.17, 15) is 24.2 Å². The lowest BCUT2D eigenvalue weighted by Crippen LogP contribution is -2.33. The number of aliphatic hydroxyl groups excluding tert-OH is 1. The average molecular weight is 392 g/mol. The van der Waals surface area contributed by atoms with E-state index in [1.54, 1.807) is 13.8 Å². The van der Waals surface area contributed by atoms with Crippen LogP contribution in [0.3, 0.4) is 0 Å². The Morgan fingerprint density at radius 2 is 2.12 bits per heavy atom. The minimum absolute atomic E-state index is 0.0734. The maximum Gasteiger partial charge on any atom is 0.359 e. The largest absolute Gasteiger partial charge is 0.390 e. The number of aromatic amines is 1. The second kappa shape index (κ2) is 7.75. The van der Waals surface area contributed by atoms with Crippen molar-refractivity contribution in [3.05, 3.63) is 32.6 Å². The van der Waals surface area contributed by atoms with Gasteiger partial charge in [0.2, 0.25) is 0 Å². The average Bonchev–Trinajstić information content (AvgIpc) is 2.89. The minimum Gasteiger partial charge on any atom is -0.390 e. The van der Waals surface area contributed by atoms with Gasteiger partial charge in [0.05, 0.1) is 12.7 Å². The molecule has 0 aliphatic carbocycles. The first-order valence-corrected chi connectivity index (χ1v) is 9.83. The summed E-state index contributed by atoms with van der Waals surface area (Å²) in [5, 5.41) is 8.74. The predicted octanol–water partition coefficient (Wildman–Crippen LogP) is 0.468. The SMILES string of the molecule is CCOC(C)(C)P(=O)(O)OCC1OC(n2cc(C)c(=O)[nH]c2=O)CC1O. The van der Waals surface area contributed by atoms with Crippen molar-refractivity contribution in [2.24, 2.45) is 0 Å². The van der Waals surface area contributed by atoms with Gasteiger partial charge in [0.1, 0.15) is 12.3 Å². The molecule has 0 amide bonds. The molecule has 11 heteroatoms. The van der Waals surface area contributed by atoms with Crippen LogP contribution in [0.15, 0.2) is 15.8 Å². The molecule has 0 spiro atoms. The van der Waals surface area contributed by atoms with Gasteiger partial charge in [-0.25, -0.2) is 4.79 Å². The Balaban J connectivity index is 2.08.